The molecule has 0 aromatic rings. The van der Waals surface area contributed by atoms with Gasteiger partial charge in [-0.3, -0.25) is 0 Å². The molecule has 1 radical (unpaired) electrons. The van der Waals surface area contributed by atoms with Crippen LogP contribution in [-0.2, 0) is 0 Å². The largest absolute Gasteiger partial charge is 0.103 e. The first-order valence-corrected chi connectivity index (χ1v) is 4.84. The minimum atomic E-state index is 0.504. The van der Waals surface area contributed by atoms with Crippen molar-refractivity contribution < 1.29 is 0 Å². The fourth-order valence-electron chi connectivity index (χ4n) is 1.20. The molecule has 0 heterocycles. The Labute approximate surface area is 77.4 Å². The van der Waals surface area contributed by atoms with Gasteiger partial charge in [0, 0.05) is 0 Å². The van der Waals surface area contributed by atoms with E-state index < -0.39 is 0 Å². The Morgan fingerprint density at radius 1 is 1.25 bits per heavy atom. The van der Waals surface area contributed by atoms with E-state index >= 15 is 0 Å². The second-order valence-corrected chi connectivity index (χ2v) is 3.33. The molecule has 0 saturated carbocycles. The number of hydrogen-bond acceptors (Lipinski definition) is 0. The molecule has 12 heavy (non-hydrogen) atoms. The number of allylic oxidation sites excluding steroid dienone is 2. The van der Waals surface area contributed by atoms with Gasteiger partial charge in [0.2, 0.25) is 0 Å². The minimum absolute atomic E-state index is 0.504. The van der Waals surface area contributed by atoms with Crippen LogP contribution in [0.15, 0.2) is 25.3 Å². The van der Waals surface area contributed by atoms with E-state index in [1.165, 1.54) is 19.3 Å². The fraction of sp³-hybridized carbons (Fsp3) is 0.583. The Morgan fingerprint density at radius 2 is 1.92 bits per heavy atom. The molecule has 0 bridgehead atoms. The maximum atomic E-state index is 3.84. The first kappa shape index (κ1) is 11.5. The van der Waals surface area contributed by atoms with Crippen LogP contribution in [0.25, 0.3) is 0 Å². The summed E-state index contributed by atoms with van der Waals surface area (Å²) in [5.74, 6) is 1.07. The zero-order chi connectivity index (χ0) is 9.40. The van der Waals surface area contributed by atoms with Crippen molar-refractivity contribution in [2.45, 2.75) is 33.1 Å². The van der Waals surface area contributed by atoms with Gasteiger partial charge in [0.05, 0.1) is 0 Å². The molecule has 0 aliphatic rings. The smallest absolute Gasteiger partial charge is 0.0199 e. The van der Waals surface area contributed by atoms with Gasteiger partial charge in [-0.25, -0.2) is 0 Å². The maximum Gasteiger partial charge on any atom is -0.0199 e. The molecule has 0 saturated heterocycles. The van der Waals surface area contributed by atoms with Crippen molar-refractivity contribution >= 4 is 0 Å². The van der Waals surface area contributed by atoms with Gasteiger partial charge >= 0.3 is 0 Å². The van der Waals surface area contributed by atoms with Gasteiger partial charge in [-0.2, -0.15) is 0 Å². The summed E-state index contributed by atoms with van der Waals surface area (Å²) < 4.78 is 0. The van der Waals surface area contributed by atoms with Crippen molar-refractivity contribution in [3.8, 4) is 0 Å². The van der Waals surface area contributed by atoms with E-state index in [9.17, 15) is 0 Å². The van der Waals surface area contributed by atoms with Crippen molar-refractivity contribution in [3.63, 3.8) is 0 Å². The van der Waals surface area contributed by atoms with Crippen LogP contribution in [0, 0.1) is 18.3 Å². The van der Waals surface area contributed by atoms with Crippen molar-refractivity contribution in [2.24, 2.45) is 11.8 Å². The van der Waals surface area contributed by atoms with E-state index in [1.54, 1.807) is 0 Å². The predicted molar refractivity (Wildman–Crippen MR) is 56.9 cm³/mol. The summed E-state index contributed by atoms with van der Waals surface area (Å²) in [5, 5.41) is 0. The van der Waals surface area contributed by atoms with Crippen LogP contribution >= 0.6 is 0 Å². The molecule has 0 amide bonds. The van der Waals surface area contributed by atoms with Crippen LogP contribution in [0.1, 0.15) is 33.1 Å². The summed E-state index contributed by atoms with van der Waals surface area (Å²) in [6, 6.07) is 0. The molecule has 0 nitrogen and oxygen atoms in total. The highest BCUT2D eigenvalue weighted by Gasteiger charge is 2.06. The average molecular weight is 165 g/mol. The summed E-state index contributed by atoms with van der Waals surface area (Å²) in [7, 11) is 0. The third-order valence-electron chi connectivity index (χ3n) is 2.12. The van der Waals surface area contributed by atoms with E-state index in [4.69, 9.17) is 0 Å². The lowest BCUT2D eigenvalue weighted by atomic mass is 9.92. The molecule has 0 aliphatic heterocycles. The molecule has 0 rings (SSSR count). The number of rotatable bonds is 7. The van der Waals surface area contributed by atoms with Gasteiger partial charge in [0.1, 0.15) is 0 Å². The molecular weight excluding hydrogens is 144 g/mol. The molecule has 2 atom stereocenters. The number of unbranched alkanes of at least 4 members (excludes halogenated alkanes) is 1. The van der Waals surface area contributed by atoms with Crippen LogP contribution in [0.2, 0.25) is 0 Å². The summed E-state index contributed by atoms with van der Waals surface area (Å²) in [4.78, 5) is 0. The third kappa shape index (κ3) is 5.17. The first-order chi connectivity index (χ1) is 5.74. The molecule has 0 fully saturated rings. The van der Waals surface area contributed by atoms with Crippen molar-refractivity contribution in [2.75, 3.05) is 0 Å². The molecule has 0 aromatic carbocycles. The molecular formula is C12H21. The normalized spacial score (nSPS) is 15.2. The summed E-state index contributed by atoms with van der Waals surface area (Å²) >= 11 is 0. The van der Waals surface area contributed by atoms with Crippen LogP contribution in [0.4, 0.5) is 0 Å². The van der Waals surface area contributed by atoms with Crippen molar-refractivity contribution in [3.05, 3.63) is 31.7 Å². The lowest BCUT2D eigenvalue weighted by Gasteiger charge is -2.13. The highest BCUT2D eigenvalue weighted by molar-refractivity contribution is 4.97. The second-order valence-electron chi connectivity index (χ2n) is 3.33. The monoisotopic (exact) mass is 165 g/mol. The fourth-order valence-corrected chi connectivity index (χ4v) is 1.20. The predicted octanol–water partition coefficient (Wildman–Crippen LogP) is 4.01. The Morgan fingerprint density at radius 3 is 2.33 bits per heavy atom. The zero-order valence-electron chi connectivity index (χ0n) is 8.42. The van der Waals surface area contributed by atoms with Gasteiger partial charge in [-0.1, -0.05) is 38.8 Å². The molecule has 2 unspecified atom stereocenters. The molecule has 0 aromatic heterocycles. The third-order valence-corrected chi connectivity index (χ3v) is 2.12. The van der Waals surface area contributed by atoms with E-state index in [-0.39, 0.29) is 0 Å². The number of hydrogen-bond donors (Lipinski definition) is 0. The molecule has 0 heteroatoms. The lowest BCUT2D eigenvalue weighted by molar-refractivity contribution is 0.572. The minimum Gasteiger partial charge on any atom is -0.103 e. The quantitative estimate of drug-likeness (QED) is 0.500. The van der Waals surface area contributed by atoms with E-state index in [0.29, 0.717) is 11.8 Å². The van der Waals surface area contributed by atoms with E-state index in [0.717, 1.165) is 0 Å². The van der Waals surface area contributed by atoms with Crippen LogP contribution in [-0.4, -0.2) is 0 Å². The summed E-state index contributed by atoms with van der Waals surface area (Å²) in [6.45, 7) is 12.0. The SMILES string of the molecule is C=CC(C)[CH]C(C=C)CCCC. The average Bonchev–Trinajstić information content (AvgIpc) is 2.11. The van der Waals surface area contributed by atoms with Crippen molar-refractivity contribution in [1.82, 2.24) is 0 Å². The maximum absolute atomic E-state index is 3.84. The zero-order valence-corrected chi connectivity index (χ0v) is 8.42. The van der Waals surface area contributed by atoms with E-state index in [1.807, 2.05) is 12.2 Å². The summed E-state index contributed by atoms with van der Waals surface area (Å²) in [6.07, 6.45) is 10.1. The lowest BCUT2D eigenvalue weighted by Crippen LogP contribution is -2.02. The Bertz CT molecular complexity index is 124. The van der Waals surface area contributed by atoms with E-state index in [2.05, 4.69) is 33.4 Å². The van der Waals surface area contributed by atoms with Gasteiger partial charge in [0.15, 0.2) is 0 Å². The standard InChI is InChI=1S/C12H21/c1-5-8-9-12(7-3)10-11(4)6-2/h6-7,10-12H,2-3,5,8-9H2,1,4H3. The Balaban J connectivity index is 3.66. The molecule has 0 aliphatic carbocycles. The Kier molecular flexibility index (Phi) is 6.84. The first-order valence-electron chi connectivity index (χ1n) is 4.84. The highest BCUT2D eigenvalue weighted by atomic mass is 14.1. The highest BCUT2D eigenvalue weighted by Crippen LogP contribution is 2.18. The van der Waals surface area contributed by atoms with Gasteiger partial charge in [-0.05, 0) is 24.7 Å². The molecule has 0 N–H and O–H groups in total. The van der Waals surface area contributed by atoms with Crippen LogP contribution in [0.3, 0.4) is 0 Å². The Hall–Kier alpha value is -0.520. The van der Waals surface area contributed by atoms with Crippen LogP contribution in [0.5, 0.6) is 0 Å². The van der Waals surface area contributed by atoms with Gasteiger partial charge < -0.3 is 0 Å². The summed E-state index contributed by atoms with van der Waals surface area (Å²) in [5.41, 5.74) is 0. The molecule has 0 spiro atoms. The van der Waals surface area contributed by atoms with Gasteiger partial charge in [0.25, 0.3) is 0 Å². The van der Waals surface area contributed by atoms with Crippen LogP contribution < -0.4 is 0 Å². The second kappa shape index (κ2) is 7.15. The molecule has 69 valence electrons. The topological polar surface area (TPSA) is 0 Å². The van der Waals surface area contributed by atoms with Gasteiger partial charge in [-0.15, -0.1) is 13.2 Å². The van der Waals surface area contributed by atoms with Crippen molar-refractivity contribution in [1.29, 1.82) is 0 Å².